The van der Waals surface area contributed by atoms with Crippen LogP contribution in [0, 0.1) is 0 Å². The van der Waals surface area contributed by atoms with Crippen molar-refractivity contribution in [3.05, 3.63) is 199 Å². The van der Waals surface area contributed by atoms with E-state index in [0.717, 1.165) is 44.6 Å². The highest BCUT2D eigenvalue weighted by molar-refractivity contribution is 6.22. The third-order valence-electron chi connectivity index (χ3n) is 9.09. The lowest BCUT2D eigenvalue weighted by Gasteiger charge is -2.15. The SMILES string of the molecule is NC(/C=C(\N=Cc1c2ccccc2cc2ccc3ccccc3c12)c1cc(-c2ccccc2)cc(-c2ccccc2)c1)c1ccccc1. The quantitative estimate of drug-likeness (QED) is 0.108. The third-order valence-corrected chi connectivity index (χ3v) is 9.09. The van der Waals surface area contributed by atoms with Gasteiger partial charge in [-0.05, 0) is 90.5 Å². The molecule has 0 aliphatic heterocycles. The van der Waals surface area contributed by atoms with Crippen LogP contribution in [0.3, 0.4) is 0 Å². The van der Waals surface area contributed by atoms with Gasteiger partial charge in [-0.3, -0.25) is 4.99 Å². The number of aliphatic imine (C=N–C) groups is 1. The molecule has 0 aliphatic carbocycles. The van der Waals surface area contributed by atoms with Gasteiger partial charge in [0.25, 0.3) is 0 Å². The fourth-order valence-electron chi connectivity index (χ4n) is 6.67. The maximum absolute atomic E-state index is 6.91. The summed E-state index contributed by atoms with van der Waals surface area (Å²) in [7, 11) is 0. The summed E-state index contributed by atoms with van der Waals surface area (Å²) in [5.74, 6) is 0. The van der Waals surface area contributed by atoms with E-state index < -0.39 is 0 Å². The first-order chi connectivity index (χ1) is 23.7. The Bertz CT molecular complexity index is 2390. The molecule has 0 aromatic heterocycles. The van der Waals surface area contributed by atoms with E-state index in [1.54, 1.807) is 0 Å². The summed E-state index contributed by atoms with van der Waals surface area (Å²) >= 11 is 0. The second-order valence-electron chi connectivity index (χ2n) is 12.2. The van der Waals surface area contributed by atoms with Gasteiger partial charge in [-0.2, -0.15) is 0 Å². The van der Waals surface area contributed by atoms with Gasteiger partial charge in [0.1, 0.15) is 0 Å². The van der Waals surface area contributed by atoms with Gasteiger partial charge < -0.3 is 5.73 Å². The summed E-state index contributed by atoms with van der Waals surface area (Å²) in [6.07, 6.45) is 4.15. The van der Waals surface area contributed by atoms with Crippen LogP contribution >= 0.6 is 0 Å². The van der Waals surface area contributed by atoms with Crippen LogP contribution in [-0.2, 0) is 0 Å². The Hall–Kier alpha value is -6.09. The fourth-order valence-corrected chi connectivity index (χ4v) is 6.67. The van der Waals surface area contributed by atoms with Gasteiger partial charge >= 0.3 is 0 Å². The minimum atomic E-state index is -0.344. The van der Waals surface area contributed by atoms with Crippen LogP contribution in [-0.4, -0.2) is 6.21 Å². The van der Waals surface area contributed by atoms with Gasteiger partial charge in [0, 0.05) is 17.3 Å². The number of hydrogen-bond acceptors (Lipinski definition) is 2. The first-order valence-electron chi connectivity index (χ1n) is 16.4. The van der Waals surface area contributed by atoms with Gasteiger partial charge in [-0.25, -0.2) is 0 Å². The van der Waals surface area contributed by atoms with E-state index in [2.05, 4.69) is 170 Å². The van der Waals surface area contributed by atoms with E-state index in [0.29, 0.717) is 0 Å². The molecule has 0 spiro atoms. The van der Waals surface area contributed by atoms with E-state index in [1.807, 2.05) is 18.2 Å². The van der Waals surface area contributed by atoms with Crippen molar-refractivity contribution in [2.75, 3.05) is 0 Å². The number of nitrogens with zero attached hydrogens (tertiary/aromatic N) is 1. The minimum absolute atomic E-state index is 0.344. The molecule has 8 rings (SSSR count). The summed E-state index contributed by atoms with van der Waals surface area (Å²) in [5, 5.41) is 7.17. The molecule has 1 atom stereocenters. The molecule has 2 N–H and O–H groups in total. The van der Waals surface area contributed by atoms with Crippen molar-refractivity contribution in [3.63, 3.8) is 0 Å². The lowest BCUT2D eigenvalue weighted by Crippen LogP contribution is -2.07. The number of fused-ring (bicyclic) bond motifs is 4. The maximum atomic E-state index is 6.91. The molecule has 8 aromatic rings. The lowest BCUT2D eigenvalue weighted by atomic mass is 9.93. The van der Waals surface area contributed by atoms with Crippen molar-refractivity contribution >= 4 is 44.2 Å². The highest BCUT2D eigenvalue weighted by Gasteiger charge is 2.13. The molecule has 48 heavy (non-hydrogen) atoms. The van der Waals surface area contributed by atoms with Gasteiger partial charge in [0.15, 0.2) is 0 Å². The third kappa shape index (κ3) is 5.82. The Morgan fingerprint density at radius 1 is 0.479 bits per heavy atom. The van der Waals surface area contributed by atoms with Crippen LogP contribution in [0.15, 0.2) is 187 Å². The Labute approximate surface area is 281 Å². The van der Waals surface area contributed by atoms with Crippen molar-refractivity contribution in [1.82, 2.24) is 0 Å². The summed E-state index contributed by atoms with van der Waals surface area (Å²) in [5.41, 5.74) is 15.4. The first kappa shape index (κ1) is 29.3. The molecule has 2 heteroatoms. The fraction of sp³-hybridized carbons (Fsp3) is 0.0217. The molecule has 0 radical (unpaired) electrons. The lowest BCUT2D eigenvalue weighted by molar-refractivity contribution is 0.911. The first-order valence-corrected chi connectivity index (χ1v) is 16.4. The number of hydrogen-bond donors (Lipinski definition) is 1. The van der Waals surface area contributed by atoms with Crippen LogP contribution in [0.5, 0.6) is 0 Å². The van der Waals surface area contributed by atoms with Gasteiger partial charge in [-0.15, -0.1) is 0 Å². The molecule has 0 bridgehead atoms. The van der Waals surface area contributed by atoms with Crippen molar-refractivity contribution < 1.29 is 0 Å². The van der Waals surface area contributed by atoms with E-state index in [4.69, 9.17) is 10.7 Å². The highest BCUT2D eigenvalue weighted by atomic mass is 14.7. The van der Waals surface area contributed by atoms with Crippen LogP contribution < -0.4 is 5.73 Å². The van der Waals surface area contributed by atoms with Crippen molar-refractivity contribution in [2.45, 2.75) is 6.04 Å². The molecule has 228 valence electrons. The van der Waals surface area contributed by atoms with Crippen molar-refractivity contribution in [1.29, 1.82) is 0 Å². The Kier molecular flexibility index (Phi) is 7.92. The van der Waals surface area contributed by atoms with Gasteiger partial charge in [0.2, 0.25) is 0 Å². The molecule has 0 heterocycles. The van der Waals surface area contributed by atoms with Crippen LogP contribution in [0.1, 0.15) is 22.7 Å². The molecule has 1 unspecified atom stereocenters. The predicted molar refractivity (Wildman–Crippen MR) is 205 cm³/mol. The summed E-state index contributed by atoms with van der Waals surface area (Å²) in [6, 6.07) is 61.6. The summed E-state index contributed by atoms with van der Waals surface area (Å²) in [6.45, 7) is 0. The molecular formula is C46H34N2. The number of nitrogens with two attached hydrogens (primary N) is 1. The van der Waals surface area contributed by atoms with Gasteiger partial charge in [-0.1, -0.05) is 152 Å². The number of rotatable bonds is 7. The zero-order chi connectivity index (χ0) is 32.3. The van der Waals surface area contributed by atoms with Crippen LogP contribution in [0.2, 0.25) is 0 Å². The van der Waals surface area contributed by atoms with Crippen molar-refractivity contribution in [3.8, 4) is 22.3 Å². The Balaban J connectivity index is 1.37. The maximum Gasteiger partial charge on any atom is 0.0681 e. The standard InChI is InChI=1S/C46H34N2/c47-44(35-19-8-3-9-20-35)30-45(40-28-38(32-14-4-1-5-15-32)27-39(29-40)33-16-6-2-7-17-33)48-31-43-41-22-12-11-21-36(41)26-37-25-24-34-18-10-13-23-42(34)46(37)43/h1-31,44H,47H2/b45-30-,48-31?. The van der Waals surface area contributed by atoms with Gasteiger partial charge in [0.05, 0.1) is 11.7 Å². The molecule has 0 fully saturated rings. The topological polar surface area (TPSA) is 38.4 Å². The zero-order valence-electron chi connectivity index (χ0n) is 26.5. The number of benzene rings is 8. The molecule has 0 aliphatic rings. The summed E-state index contributed by atoms with van der Waals surface area (Å²) < 4.78 is 0. The minimum Gasteiger partial charge on any atom is -0.321 e. The largest absolute Gasteiger partial charge is 0.321 e. The molecule has 0 saturated carbocycles. The van der Waals surface area contributed by atoms with Crippen molar-refractivity contribution in [2.24, 2.45) is 10.7 Å². The van der Waals surface area contributed by atoms with E-state index >= 15 is 0 Å². The average molecular weight is 615 g/mol. The molecule has 0 amide bonds. The smallest absolute Gasteiger partial charge is 0.0681 e. The second-order valence-corrected chi connectivity index (χ2v) is 12.2. The van der Waals surface area contributed by atoms with Crippen LogP contribution in [0.4, 0.5) is 0 Å². The normalized spacial score (nSPS) is 12.6. The Morgan fingerprint density at radius 2 is 1.02 bits per heavy atom. The zero-order valence-corrected chi connectivity index (χ0v) is 26.5. The average Bonchev–Trinajstić information content (AvgIpc) is 3.16. The molecule has 2 nitrogen and oxygen atoms in total. The molecule has 8 aromatic carbocycles. The van der Waals surface area contributed by atoms with E-state index in [1.165, 1.54) is 32.3 Å². The predicted octanol–water partition coefficient (Wildman–Crippen LogP) is 11.6. The van der Waals surface area contributed by atoms with E-state index in [9.17, 15) is 0 Å². The molecular weight excluding hydrogens is 581 g/mol. The summed E-state index contributed by atoms with van der Waals surface area (Å²) in [4.78, 5) is 5.36. The highest BCUT2D eigenvalue weighted by Crippen LogP contribution is 2.35. The Morgan fingerprint density at radius 3 is 1.69 bits per heavy atom. The van der Waals surface area contributed by atoms with E-state index in [-0.39, 0.29) is 6.04 Å². The molecule has 0 saturated heterocycles. The monoisotopic (exact) mass is 614 g/mol. The second kappa shape index (κ2) is 13.0. The van der Waals surface area contributed by atoms with Crippen LogP contribution in [0.25, 0.3) is 60.3 Å².